The largest absolute Gasteiger partial charge is 0.393 e. The van der Waals surface area contributed by atoms with Crippen molar-refractivity contribution in [2.24, 2.45) is 5.73 Å². The third-order valence-electron chi connectivity index (χ3n) is 1.38. The van der Waals surface area contributed by atoms with Gasteiger partial charge in [0.05, 0.1) is 4.99 Å². The minimum atomic E-state index is 0.344. The van der Waals surface area contributed by atoms with Gasteiger partial charge >= 0.3 is 0 Å². The summed E-state index contributed by atoms with van der Waals surface area (Å²) < 4.78 is 0. The summed E-state index contributed by atoms with van der Waals surface area (Å²) in [6.07, 6.45) is 3.63. The van der Waals surface area contributed by atoms with Crippen LogP contribution in [-0.2, 0) is 0 Å². The van der Waals surface area contributed by atoms with E-state index in [0.717, 1.165) is 5.56 Å². The fourth-order valence-electron chi connectivity index (χ4n) is 0.829. The number of hydrogen-bond acceptors (Lipinski definition) is 3. The van der Waals surface area contributed by atoms with E-state index in [-0.39, 0.29) is 0 Å². The number of pyridine rings is 1. The molecule has 0 fully saturated rings. The van der Waals surface area contributed by atoms with Crippen molar-refractivity contribution >= 4 is 22.9 Å². The minimum Gasteiger partial charge on any atom is -0.393 e. The molecule has 0 aliphatic heterocycles. The minimum absolute atomic E-state index is 0.344. The molecule has 3 N–H and O–H groups in total. The molecule has 0 atom stereocenters. The molecule has 0 radical (unpaired) electrons. The Morgan fingerprint density at radius 1 is 1.50 bits per heavy atom. The molecule has 0 aromatic carbocycles. The van der Waals surface area contributed by atoms with Crippen LogP contribution in [0.1, 0.15) is 12.0 Å². The standard InChI is InChI=1S/C8H9N3S/c9-7(5-8(10)12)6-1-3-11-4-2-6/h1-4,9H,5H2,(H2,10,12). The van der Waals surface area contributed by atoms with Crippen LogP contribution >= 0.6 is 12.2 Å². The fourth-order valence-corrected chi connectivity index (χ4v) is 0.974. The second-order valence-corrected chi connectivity index (χ2v) is 2.88. The van der Waals surface area contributed by atoms with E-state index >= 15 is 0 Å². The van der Waals surface area contributed by atoms with E-state index in [0.29, 0.717) is 17.1 Å². The van der Waals surface area contributed by atoms with Gasteiger partial charge in [0, 0.05) is 24.5 Å². The summed E-state index contributed by atoms with van der Waals surface area (Å²) in [5.74, 6) is 0. The Bertz CT molecular complexity index is 294. The van der Waals surface area contributed by atoms with Gasteiger partial charge in [-0.15, -0.1) is 0 Å². The lowest BCUT2D eigenvalue weighted by molar-refractivity contribution is 1.30. The molecule has 1 heterocycles. The maximum absolute atomic E-state index is 7.56. The Morgan fingerprint density at radius 3 is 2.58 bits per heavy atom. The van der Waals surface area contributed by atoms with Crippen LogP contribution < -0.4 is 5.73 Å². The van der Waals surface area contributed by atoms with E-state index in [1.807, 2.05) is 0 Å². The van der Waals surface area contributed by atoms with Crippen LogP contribution in [0.15, 0.2) is 24.5 Å². The number of rotatable bonds is 3. The number of nitrogens with one attached hydrogen (secondary N) is 1. The van der Waals surface area contributed by atoms with Crippen molar-refractivity contribution in [1.29, 1.82) is 5.41 Å². The van der Waals surface area contributed by atoms with Gasteiger partial charge in [0.25, 0.3) is 0 Å². The summed E-state index contributed by atoms with van der Waals surface area (Å²) in [5.41, 5.74) is 6.56. The molecule has 12 heavy (non-hydrogen) atoms. The average Bonchev–Trinajstić information content (AvgIpc) is 2.05. The Hall–Kier alpha value is -1.29. The van der Waals surface area contributed by atoms with E-state index in [4.69, 9.17) is 23.4 Å². The predicted octanol–water partition coefficient (Wildman–Crippen LogP) is 1.13. The number of hydrogen-bond donors (Lipinski definition) is 2. The zero-order chi connectivity index (χ0) is 8.97. The molecule has 0 unspecified atom stereocenters. The number of thiocarbonyl (C=S) groups is 1. The summed E-state index contributed by atoms with van der Waals surface area (Å²) in [7, 11) is 0. The molecule has 4 heteroatoms. The number of nitrogens with zero attached hydrogens (tertiary/aromatic N) is 1. The monoisotopic (exact) mass is 179 g/mol. The summed E-state index contributed by atoms with van der Waals surface area (Å²) in [6.45, 7) is 0. The highest BCUT2D eigenvalue weighted by Gasteiger charge is 2.00. The van der Waals surface area contributed by atoms with Crippen LogP contribution in [0.3, 0.4) is 0 Å². The first-order valence-electron chi connectivity index (χ1n) is 3.46. The lowest BCUT2D eigenvalue weighted by atomic mass is 10.1. The van der Waals surface area contributed by atoms with Gasteiger partial charge in [0.1, 0.15) is 0 Å². The van der Waals surface area contributed by atoms with Crippen LogP contribution in [0.5, 0.6) is 0 Å². The van der Waals surface area contributed by atoms with E-state index < -0.39 is 0 Å². The van der Waals surface area contributed by atoms with Gasteiger partial charge in [0.2, 0.25) is 0 Å². The molecule has 0 aliphatic rings. The second kappa shape index (κ2) is 3.92. The Morgan fingerprint density at radius 2 is 2.08 bits per heavy atom. The Labute approximate surface area is 76.1 Å². The van der Waals surface area contributed by atoms with Crippen LogP contribution in [0.2, 0.25) is 0 Å². The molecule has 3 nitrogen and oxygen atoms in total. The van der Waals surface area contributed by atoms with Crippen LogP contribution in [0.4, 0.5) is 0 Å². The highest BCUT2D eigenvalue weighted by atomic mass is 32.1. The number of nitrogens with two attached hydrogens (primary N) is 1. The first-order valence-corrected chi connectivity index (χ1v) is 3.87. The SMILES string of the molecule is N=C(CC(N)=S)c1ccncc1. The van der Waals surface area contributed by atoms with Gasteiger partial charge < -0.3 is 11.1 Å². The molecule has 0 aliphatic carbocycles. The van der Waals surface area contributed by atoms with Crippen LogP contribution in [0, 0.1) is 5.41 Å². The summed E-state index contributed by atoms with van der Waals surface area (Å²) in [6, 6.07) is 3.53. The smallest absolute Gasteiger partial charge is 0.0787 e. The van der Waals surface area contributed by atoms with Crippen molar-refractivity contribution in [3.63, 3.8) is 0 Å². The maximum atomic E-state index is 7.56. The quantitative estimate of drug-likeness (QED) is 0.540. The molecular weight excluding hydrogens is 170 g/mol. The van der Waals surface area contributed by atoms with E-state index in [1.54, 1.807) is 24.5 Å². The Balaban J connectivity index is 2.73. The zero-order valence-electron chi connectivity index (χ0n) is 6.45. The zero-order valence-corrected chi connectivity index (χ0v) is 7.27. The van der Waals surface area contributed by atoms with Crippen molar-refractivity contribution in [3.8, 4) is 0 Å². The molecule has 0 saturated heterocycles. The molecule has 0 amide bonds. The predicted molar refractivity (Wildman–Crippen MR) is 52.5 cm³/mol. The van der Waals surface area contributed by atoms with Gasteiger partial charge in [0.15, 0.2) is 0 Å². The third-order valence-corrected chi connectivity index (χ3v) is 1.52. The second-order valence-electron chi connectivity index (χ2n) is 2.36. The van der Waals surface area contributed by atoms with E-state index in [2.05, 4.69) is 4.98 Å². The van der Waals surface area contributed by atoms with E-state index in [9.17, 15) is 0 Å². The van der Waals surface area contributed by atoms with Gasteiger partial charge in [-0.05, 0) is 17.7 Å². The molecular formula is C8H9N3S. The third kappa shape index (κ3) is 2.39. The molecule has 1 rings (SSSR count). The summed E-state index contributed by atoms with van der Waals surface area (Å²) in [5, 5.41) is 7.56. The molecule has 1 aromatic heterocycles. The van der Waals surface area contributed by atoms with Crippen molar-refractivity contribution in [2.75, 3.05) is 0 Å². The first-order chi connectivity index (χ1) is 5.70. The van der Waals surface area contributed by atoms with Crippen molar-refractivity contribution < 1.29 is 0 Å². The van der Waals surface area contributed by atoms with Crippen molar-refractivity contribution in [3.05, 3.63) is 30.1 Å². The van der Waals surface area contributed by atoms with Gasteiger partial charge in [-0.1, -0.05) is 12.2 Å². The molecule has 62 valence electrons. The van der Waals surface area contributed by atoms with Crippen molar-refractivity contribution in [2.45, 2.75) is 6.42 Å². The average molecular weight is 179 g/mol. The lowest BCUT2D eigenvalue weighted by Crippen LogP contribution is -2.14. The van der Waals surface area contributed by atoms with Gasteiger partial charge in [-0.25, -0.2) is 0 Å². The highest BCUT2D eigenvalue weighted by molar-refractivity contribution is 7.80. The summed E-state index contributed by atoms with van der Waals surface area (Å²) >= 11 is 4.69. The normalized spacial score (nSPS) is 9.33. The van der Waals surface area contributed by atoms with Gasteiger partial charge in [-0.3, -0.25) is 4.98 Å². The first kappa shape index (κ1) is 8.80. The molecule has 0 bridgehead atoms. The Kier molecular flexibility index (Phi) is 2.88. The lowest BCUT2D eigenvalue weighted by Gasteiger charge is -2.00. The molecule has 0 saturated carbocycles. The van der Waals surface area contributed by atoms with Crippen molar-refractivity contribution in [1.82, 2.24) is 4.98 Å². The maximum Gasteiger partial charge on any atom is 0.0787 e. The highest BCUT2D eigenvalue weighted by Crippen LogP contribution is 2.00. The van der Waals surface area contributed by atoms with Crippen LogP contribution in [0.25, 0.3) is 0 Å². The molecule has 1 aromatic rings. The van der Waals surface area contributed by atoms with E-state index in [1.165, 1.54) is 0 Å². The molecule has 0 spiro atoms. The van der Waals surface area contributed by atoms with Crippen LogP contribution in [-0.4, -0.2) is 15.7 Å². The fraction of sp³-hybridized carbons (Fsp3) is 0.125. The topological polar surface area (TPSA) is 62.8 Å². The number of aromatic nitrogens is 1. The van der Waals surface area contributed by atoms with Gasteiger partial charge in [-0.2, -0.15) is 0 Å². The summed E-state index contributed by atoms with van der Waals surface area (Å²) in [4.78, 5) is 4.19.